The fourth-order valence-electron chi connectivity index (χ4n) is 2.66. The van der Waals surface area contributed by atoms with Crippen molar-refractivity contribution < 1.29 is 4.79 Å². The van der Waals surface area contributed by atoms with Crippen molar-refractivity contribution >= 4 is 62.0 Å². The van der Waals surface area contributed by atoms with Crippen LogP contribution in [-0.2, 0) is 4.79 Å². The topological polar surface area (TPSA) is 85.4 Å². The number of nitrogens with one attached hydrogen (secondary N) is 3. The van der Waals surface area contributed by atoms with Gasteiger partial charge in [0.25, 0.3) is 5.91 Å². The van der Waals surface area contributed by atoms with Crippen LogP contribution in [0.15, 0.2) is 46.6 Å². The molecular formula is C19H20N6OS2. The number of amides is 1. The second-order valence-corrected chi connectivity index (χ2v) is 8.62. The fourth-order valence-corrected chi connectivity index (χ4v) is 4.35. The van der Waals surface area contributed by atoms with E-state index in [1.54, 1.807) is 6.20 Å². The van der Waals surface area contributed by atoms with Crippen LogP contribution in [0.1, 0.15) is 4.88 Å². The van der Waals surface area contributed by atoms with Gasteiger partial charge in [-0.15, -0.1) is 0 Å². The normalized spacial score (nSPS) is 17.2. The molecule has 0 radical (unpaired) electrons. The van der Waals surface area contributed by atoms with Crippen LogP contribution in [0.2, 0.25) is 0 Å². The number of rotatable bonds is 6. The highest BCUT2D eigenvalue weighted by Gasteiger charge is 2.24. The van der Waals surface area contributed by atoms with Gasteiger partial charge in [-0.3, -0.25) is 4.79 Å². The summed E-state index contributed by atoms with van der Waals surface area (Å²) >= 11 is 2.87. The zero-order valence-electron chi connectivity index (χ0n) is 15.5. The number of aliphatic imine (C=N–C) groups is 1. The third-order valence-corrected chi connectivity index (χ3v) is 5.86. The molecule has 9 heteroatoms. The quantitative estimate of drug-likeness (QED) is 0.540. The van der Waals surface area contributed by atoms with Crippen molar-refractivity contribution in [2.24, 2.45) is 4.99 Å². The fraction of sp³-hybridized carbons (Fsp3) is 0.211. The van der Waals surface area contributed by atoms with Gasteiger partial charge in [0.1, 0.15) is 0 Å². The van der Waals surface area contributed by atoms with E-state index in [1.165, 1.54) is 23.1 Å². The smallest absolute Gasteiger partial charge is 0.264 e. The Bertz CT molecular complexity index is 1070. The lowest BCUT2D eigenvalue weighted by molar-refractivity contribution is -0.115. The van der Waals surface area contributed by atoms with E-state index in [1.807, 2.05) is 50.6 Å². The Balaban J connectivity index is 1.44. The number of carbonyl (C=O) groups is 1. The first-order chi connectivity index (χ1) is 13.6. The average Bonchev–Trinajstić information content (AvgIpc) is 3.36. The van der Waals surface area contributed by atoms with E-state index in [4.69, 9.17) is 0 Å². The number of nitrogens with zero attached hydrogens (tertiary/aromatic N) is 3. The average molecular weight is 413 g/mol. The lowest BCUT2D eigenvalue weighted by Crippen LogP contribution is -2.20. The molecule has 3 N–H and O–H groups in total. The molecule has 144 valence electrons. The molecule has 1 aliphatic heterocycles. The SMILES string of the molecule is CN(C)CCNc1ncc(C=C2SC(=Nc3ccc4[nH]ccc4c3)NC2=O)s1. The number of fused-ring (bicyclic) bond motifs is 1. The first kappa shape index (κ1) is 18.7. The second-order valence-electron chi connectivity index (χ2n) is 6.53. The van der Waals surface area contributed by atoms with Crippen LogP contribution >= 0.6 is 23.1 Å². The summed E-state index contributed by atoms with van der Waals surface area (Å²) < 4.78 is 0. The summed E-state index contributed by atoms with van der Waals surface area (Å²) in [6.45, 7) is 1.76. The number of hydrogen-bond donors (Lipinski definition) is 3. The van der Waals surface area contributed by atoms with Crippen LogP contribution in [0.5, 0.6) is 0 Å². The molecule has 7 nitrogen and oxygen atoms in total. The maximum Gasteiger partial charge on any atom is 0.264 e. The predicted molar refractivity (Wildman–Crippen MR) is 118 cm³/mol. The highest BCUT2D eigenvalue weighted by Crippen LogP contribution is 2.30. The van der Waals surface area contributed by atoms with Crippen molar-refractivity contribution in [1.82, 2.24) is 20.2 Å². The Morgan fingerprint density at radius 2 is 2.21 bits per heavy atom. The molecule has 3 aromatic rings. The monoisotopic (exact) mass is 412 g/mol. The standard InChI is InChI=1S/C19H20N6OS2/c1-25(2)8-7-21-18-22-11-14(27-18)10-16-17(26)24-19(28-16)23-13-3-4-15-12(9-13)5-6-20-15/h3-6,9-11,20H,7-8H2,1-2H3,(H,21,22)(H,23,24,26). The molecule has 0 saturated carbocycles. The first-order valence-corrected chi connectivity index (χ1v) is 10.4. The van der Waals surface area contributed by atoms with Crippen LogP contribution in [0.25, 0.3) is 17.0 Å². The largest absolute Gasteiger partial charge is 0.361 e. The molecule has 0 spiro atoms. The van der Waals surface area contributed by atoms with Crippen LogP contribution in [0.4, 0.5) is 10.8 Å². The maximum atomic E-state index is 12.3. The van der Waals surface area contributed by atoms with Gasteiger partial charge in [-0.1, -0.05) is 11.3 Å². The molecule has 1 amide bonds. The van der Waals surface area contributed by atoms with E-state index >= 15 is 0 Å². The Morgan fingerprint density at radius 1 is 1.32 bits per heavy atom. The van der Waals surface area contributed by atoms with E-state index < -0.39 is 0 Å². The van der Waals surface area contributed by atoms with Gasteiger partial charge in [0.15, 0.2) is 10.3 Å². The van der Waals surface area contributed by atoms with Crippen LogP contribution in [0, 0.1) is 0 Å². The molecule has 2 aromatic heterocycles. The summed E-state index contributed by atoms with van der Waals surface area (Å²) in [5.74, 6) is -0.137. The molecular weight excluding hydrogens is 392 g/mol. The van der Waals surface area contributed by atoms with Crippen molar-refractivity contribution in [3.63, 3.8) is 0 Å². The van der Waals surface area contributed by atoms with Crippen molar-refractivity contribution in [1.29, 1.82) is 0 Å². The van der Waals surface area contributed by atoms with E-state index in [2.05, 4.69) is 30.5 Å². The number of H-pyrrole nitrogens is 1. The Morgan fingerprint density at radius 3 is 3.07 bits per heavy atom. The zero-order valence-corrected chi connectivity index (χ0v) is 17.2. The lowest BCUT2D eigenvalue weighted by Gasteiger charge is -2.08. The van der Waals surface area contributed by atoms with E-state index in [0.717, 1.165) is 39.7 Å². The van der Waals surface area contributed by atoms with Gasteiger partial charge >= 0.3 is 0 Å². The van der Waals surface area contributed by atoms with Gasteiger partial charge in [0.2, 0.25) is 0 Å². The molecule has 1 saturated heterocycles. The van der Waals surface area contributed by atoms with E-state index in [-0.39, 0.29) is 5.91 Å². The zero-order chi connectivity index (χ0) is 19.5. The maximum absolute atomic E-state index is 12.3. The number of amidine groups is 1. The van der Waals surface area contributed by atoms with Crippen molar-refractivity contribution in [2.75, 3.05) is 32.5 Å². The first-order valence-electron chi connectivity index (χ1n) is 8.78. The van der Waals surface area contributed by atoms with Gasteiger partial charge < -0.3 is 20.5 Å². The predicted octanol–water partition coefficient (Wildman–Crippen LogP) is 3.49. The third kappa shape index (κ3) is 4.44. The summed E-state index contributed by atoms with van der Waals surface area (Å²) in [5, 5.41) is 8.64. The molecule has 0 atom stereocenters. The van der Waals surface area contributed by atoms with Gasteiger partial charge in [-0.25, -0.2) is 9.98 Å². The van der Waals surface area contributed by atoms with Crippen molar-refractivity contribution in [3.05, 3.63) is 46.4 Å². The minimum absolute atomic E-state index is 0.137. The number of likely N-dealkylation sites (N-methyl/N-ethyl adjacent to an activating group) is 1. The molecule has 3 heterocycles. The number of aromatic amines is 1. The summed E-state index contributed by atoms with van der Waals surface area (Å²) in [7, 11) is 4.07. The van der Waals surface area contributed by atoms with Crippen molar-refractivity contribution in [3.8, 4) is 0 Å². The van der Waals surface area contributed by atoms with Gasteiger partial charge in [0.05, 0.1) is 15.5 Å². The summed E-state index contributed by atoms with van der Waals surface area (Å²) in [4.78, 5) is 28.0. The Kier molecular flexibility index (Phi) is 5.47. The molecule has 1 aromatic carbocycles. The molecule has 0 aliphatic carbocycles. The van der Waals surface area contributed by atoms with Gasteiger partial charge in [-0.05, 0) is 56.2 Å². The summed E-state index contributed by atoms with van der Waals surface area (Å²) in [5.41, 5.74) is 1.87. The van der Waals surface area contributed by atoms with Crippen molar-refractivity contribution in [2.45, 2.75) is 0 Å². The van der Waals surface area contributed by atoms with E-state index in [9.17, 15) is 4.79 Å². The number of thioether (sulfide) groups is 1. The molecule has 1 aliphatic rings. The lowest BCUT2D eigenvalue weighted by atomic mass is 10.2. The number of aromatic nitrogens is 2. The summed E-state index contributed by atoms with van der Waals surface area (Å²) in [6, 6.07) is 7.89. The number of carbonyl (C=O) groups excluding carboxylic acids is 1. The number of hydrogen-bond acceptors (Lipinski definition) is 7. The van der Waals surface area contributed by atoms with Crippen LogP contribution < -0.4 is 10.6 Å². The van der Waals surface area contributed by atoms with Crippen LogP contribution in [0.3, 0.4) is 0 Å². The Labute approximate surface area is 171 Å². The van der Waals surface area contributed by atoms with E-state index in [0.29, 0.717) is 10.1 Å². The molecule has 1 fully saturated rings. The molecule has 28 heavy (non-hydrogen) atoms. The molecule has 0 bridgehead atoms. The molecule has 0 unspecified atom stereocenters. The molecule has 4 rings (SSSR count). The third-order valence-electron chi connectivity index (χ3n) is 4.05. The number of benzene rings is 1. The minimum atomic E-state index is -0.137. The highest BCUT2D eigenvalue weighted by molar-refractivity contribution is 8.18. The highest BCUT2D eigenvalue weighted by atomic mass is 32.2. The summed E-state index contributed by atoms with van der Waals surface area (Å²) in [6.07, 6.45) is 5.53. The van der Waals surface area contributed by atoms with Gasteiger partial charge in [-0.2, -0.15) is 0 Å². The van der Waals surface area contributed by atoms with Gasteiger partial charge in [0, 0.05) is 36.4 Å². The minimum Gasteiger partial charge on any atom is -0.361 e. The number of thiazole rings is 1. The Hall–Kier alpha value is -2.62. The van der Waals surface area contributed by atoms with Crippen LogP contribution in [-0.4, -0.2) is 53.1 Å². The number of anilines is 1. The second kappa shape index (κ2) is 8.17.